The molecule has 0 saturated carbocycles. The SMILES string of the molecule is COc1cc2cc(C(=O)N3CC(CCl)c4c3cc(NC(=O)OCc3ccc([N+](=O)[O-])cc3OCCCN3CCOCC3)c3ccccc43)[nH]c2c(OC)c1OC. The third kappa shape index (κ3) is 7.70. The number of halogens is 1. The van der Waals surface area contributed by atoms with E-state index in [2.05, 4.69) is 15.2 Å². The second-order valence-corrected chi connectivity index (χ2v) is 13.7. The van der Waals surface area contributed by atoms with Crippen molar-refractivity contribution in [3.63, 3.8) is 0 Å². The zero-order valence-electron chi connectivity index (χ0n) is 31.2. The van der Waals surface area contributed by atoms with Crippen molar-refractivity contribution >= 4 is 62.3 Å². The van der Waals surface area contributed by atoms with Crippen LogP contribution >= 0.6 is 11.6 Å². The molecule has 1 unspecified atom stereocenters. The molecule has 0 bridgehead atoms. The normalized spacial score (nSPS) is 15.4. The van der Waals surface area contributed by atoms with Crippen molar-refractivity contribution in [2.75, 3.05) is 83.4 Å². The lowest BCUT2D eigenvalue weighted by Gasteiger charge is -2.26. The largest absolute Gasteiger partial charge is 0.493 e. The van der Waals surface area contributed by atoms with Crippen LogP contribution in [0.1, 0.15) is 34.0 Å². The molecule has 2 N–H and O–H groups in total. The molecule has 0 spiro atoms. The maximum Gasteiger partial charge on any atom is 0.411 e. The smallest absolute Gasteiger partial charge is 0.411 e. The fourth-order valence-corrected chi connectivity index (χ4v) is 7.62. The monoisotopic (exact) mass is 787 g/mol. The Bertz CT molecular complexity index is 2270. The van der Waals surface area contributed by atoms with E-state index in [9.17, 15) is 19.7 Å². The van der Waals surface area contributed by atoms with E-state index in [1.165, 1.54) is 39.5 Å². The topological polar surface area (TPSA) is 167 Å². The van der Waals surface area contributed by atoms with Crippen LogP contribution in [0.5, 0.6) is 23.0 Å². The van der Waals surface area contributed by atoms with Crippen LogP contribution in [-0.4, -0.2) is 100 Å². The lowest BCUT2D eigenvalue weighted by molar-refractivity contribution is -0.385. The molecule has 4 aromatic carbocycles. The highest BCUT2D eigenvalue weighted by molar-refractivity contribution is 6.20. The number of benzene rings is 4. The molecule has 1 aromatic heterocycles. The van der Waals surface area contributed by atoms with Crippen LogP contribution in [0.3, 0.4) is 0 Å². The van der Waals surface area contributed by atoms with E-state index in [0.717, 1.165) is 36.0 Å². The van der Waals surface area contributed by atoms with Gasteiger partial charge in [-0.1, -0.05) is 24.3 Å². The number of morpholine rings is 1. The number of nitro groups is 1. The van der Waals surface area contributed by atoms with Gasteiger partial charge in [0.2, 0.25) is 5.75 Å². The molecular weight excluding hydrogens is 746 g/mol. The van der Waals surface area contributed by atoms with Gasteiger partial charge in [-0.05, 0) is 41.6 Å². The summed E-state index contributed by atoms with van der Waals surface area (Å²) < 4.78 is 33.7. The van der Waals surface area contributed by atoms with Crippen LogP contribution in [0.4, 0.5) is 21.9 Å². The van der Waals surface area contributed by atoms with Crippen molar-refractivity contribution in [2.45, 2.75) is 18.9 Å². The van der Waals surface area contributed by atoms with Gasteiger partial charge >= 0.3 is 6.09 Å². The molecule has 3 heterocycles. The summed E-state index contributed by atoms with van der Waals surface area (Å²) in [5, 5.41) is 16.7. The van der Waals surface area contributed by atoms with Gasteiger partial charge in [0.25, 0.3) is 11.6 Å². The van der Waals surface area contributed by atoms with E-state index in [1.807, 2.05) is 24.3 Å². The molecule has 5 aromatic rings. The zero-order chi connectivity index (χ0) is 39.3. The number of hydrogen-bond donors (Lipinski definition) is 2. The second kappa shape index (κ2) is 16.9. The Morgan fingerprint density at radius 3 is 2.46 bits per heavy atom. The molecule has 7 rings (SSSR count). The lowest BCUT2D eigenvalue weighted by atomic mass is 9.95. The predicted molar refractivity (Wildman–Crippen MR) is 211 cm³/mol. The van der Waals surface area contributed by atoms with E-state index in [-0.39, 0.29) is 35.7 Å². The first-order valence-corrected chi connectivity index (χ1v) is 18.7. The van der Waals surface area contributed by atoms with Gasteiger partial charge in [-0.15, -0.1) is 11.6 Å². The first-order chi connectivity index (χ1) is 27.2. The van der Waals surface area contributed by atoms with Gasteiger partial charge in [-0.2, -0.15) is 0 Å². The number of nitro benzene ring substituents is 1. The van der Waals surface area contributed by atoms with Crippen molar-refractivity contribution in [3.05, 3.63) is 87.6 Å². The summed E-state index contributed by atoms with van der Waals surface area (Å²) in [6.07, 6.45) is -0.0566. The summed E-state index contributed by atoms with van der Waals surface area (Å²) in [7, 11) is 4.55. The maximum absolute atomic E-state index is 14.3. The minimum atomic E-state index is -0.762. The number of fused-ring (bicyclic) bond motifs is 4. The molecule has 1 atom stereocenters. The average Bonchev–Trinajstić information content (AvgIpc) is 3.83. The fraction of sp³-hybridized carbons (Fsp3) is 0.350. The molecule has 15 nitrogen and oxygen atoms in total. The number of hydrogen-bond acceptors (Lipinski definition) is 11. The van der Waals surface area contributed by atoms with E-state index in [0.29, 0.717) is 83.6 Å². The molecule has 0 radical (unpaired) electrons. The highest BCUT2D eigenvalue weighted by Crippen LogP contribution is 2.47. The molecule has 294 valence electrons. The first kappa shape index (κ1) is 38.5. The quantitative estimate of drug-likeness (QED) is 0.0511. The Hall–Kier alpha value is -5.77. The van der Waals surface area contributed by atoms with Gasteiger partial charge in [0.05, 0.1) is 69.0 Å². The van der Waals surface area contributed by atoms with Crippen LogP contribution < -0.4 is 29.2 Å². The summed E-state index contributed by atoms with van der Waals surface area (Å²) in [6.45, 7) is 4.30. The summed E-state index contributed by atoms with van der Waals surface area (Å²) in [5.74, 6) is 1.28. The number of nitrogens with zero attached hydrogens (tertiary/aromatic N) is 3. The third-order valence-electron chi connectivity index (χ3n) is 10.1. The van der Waals surface area contributed by atoms with Crippen molar-refractivity contribution in [3.8, 4) is 23.0 Å². The van der Waals surface area contributed by atoms with Crippen LogP contribution in [0, 0.1) is 10.1 Å². The van der Waals surface area contributed by atoms with Crippen molar-refractivity contribution in [1.82, 2.24) is 9.88 Å². The Morgan fingerprint density at radius 2 is 1.75 bits per heavy atom. The first-order valence-electron chi connectivity index (χ1n) is 18.1. The number of alkyl halides is 1. The van der Waals surface area contributed by atoms with Crippen LogP contribution in [-0.2, 0) is 16.1 Å². The summed E-state index contributed by atoms with van der Waals surface area (Å²) in [4.78, 5) is 45.9. The van der Waals surface area contributed by atoms with Crippen LogP contribution in [0.25, 0.3) is 21.7 Å². The molecule has 16 heteroatoms. The molecule has 2 amide bonds. The molecule has 2 aliphatic rings. The average molecular weight is 788 g/mol. The number of carbonyl (C=O) groups is 2. The number of H-pyrrole nitrogens is 1. The Balaban J connectivity index is 1.13. The van der Waals surface area contributed by atoms with E-state index < -0.39 is 11.0 Å². The van der Waals surface area contributed by atoms with Gasteiger partial charge in [0.1, 0.15) is 18.1 Å². The highest BCUT2D eigenvalue weighted by atomic mass is 35.5. The molecule has 1 fully saturated rings. The van der Waals surface area contributed by atoms with Gasteiger partial charge in [0, 0.05) is 60.4 Å². The maximum atomic E-state index is 14.3. The molecular formula is C40H42ClN5O10. The number of methoxy groups -OCH3 is 3. The molecule has 56 heavy (non-hydrogen) atoms. The second-order valence-electron chi connectivity index (χ2n) is 13.4. The number of ether oxygens (including phenoxy) is 6. The zero-order valence-corrected chi connectivity index (χ0v) is 32.0. The number of non-ortho nitro benzene ring substituents is 1. The number of amides is 2. The third-order valence-corrected chi connectivity index (χ3v) is 10.5. The summed E-state index contributed by atoms with van der Waals surface area (Å²) >= 11 is 6.53. The summed E-state index contributed by atoms with van der Waals surface area (Å²) in [6, 6.07) is 17.0. The fourth-order valence-electron chi connectivity index (χ4n) is 7.37. The highest BCUT2D eigenvalue weighted by Gasteiger charge is 2.36. The Kier molecular flexibility index (Phi) is 11.6. The van der Waals surface area contributed by atoms with Crippen molar-refractivity contribution in [2.24, 2.45) is 0 Å². The van der Waals surface area contributed by atoms with E-state index in [4.69, 9.17) is 40.0 Å². The van der Waals surface area contributed by atoms with E-state index >= 15 is 0 Å². The van der Waals surface area contributed by atoms with Gasteiger partial charge in [-0.3, -0.25) is 25.1 Å². The Labute approximate surface area is 327 Å². The van der Waals surface area contributed by atoms with Crippen molar-refractivity contribution < 1.29 is 42.9 Å². The van der Waals surface area contributed by atoms with Gasteiger partial charge < -0.3 is 38.3 Å². The van der Waals surface area contributed by atoms with E-state index in [1.54, 1.807) is 23.1 Å². The van der Waals surface area contributed by atoms with Crippen LogP contribution in [0.2, 0.25) is 0 Å². The lowest BCUT2D eigenvalue weighted by Crippen LogP contribution is -2.37. The molecule has 1 saturated heterocycles. The number of carbonyl (C=O) groups excluding carboxylic acids is 2. The number of aromatic amines is 1. The number of anilines is 2. The van der Waals surface area contributed by atoms with Gasteiger partial charge in [-0.25, -0.2) is 4.79 Å². The Morgan fingerprint density at radius 1 is 0.982 bits per heavy atom. The van der Waals surface area contributed by atoms with Gasteiger partial charge in [0.15, 0.2) is 11.5 Å². The molecule has 2 aliphatic heterocycles. The minimum Gasteiger partial charge on any atom is -0.493 e. The van der Waals surface area contributed by atoms with Crippen LogP contribution in [0.15, 0.2) is 60.7 Å². The number of nitrogens with one attached hydrogen (secondary N) is 2. The summed E-state index contributed by atoms with van der Waals surface area (Å²) in [5.41, 5.74) is 3.13. The van der Waals surface area contributed by atoms with Crippen molar-refractivity contribution in [1.29, 1.82) is 0 Å². The minimum absolute atomic E-state index is 0.133. The molecule has 0 aliphatic carbocycles. The standard InChI is InChI=1S/C40H42ClN5O10/c1-51-34-18-25-17-31(42-36(25)38(53-3)37(34)52-2)39(47)45-22-26(21-41)35-29-8-5-4-7-28(29)30(20-32(35)45)43-40(48)56-23-24-9-10-27(46(49)50)19-33(24)55-14-6-11-44-12-15-54-16-13-44/h4-5,7-10,17-20,26,42H,6,11-16,21-23H2,1-3H3,(H,43,48). The number of rotatable bonds is 14. The predicted octanol–water partition coefficient (Wildman–Crippen LogP) is 7.09. The number of aromatic nitrogens is 1.